The minimum atomic E-state index is 0.323. The molecule has 1 fully saturated rings. The number of nitrogens with two attached hydrogens (primary N) is 1. The standard InChI is InChI=1S/C12H18ClN3O/c1-2-9-7-16(5-6-17-9)8-11-10(13)3-4-12(14)15-11/h3-4,9H,2,5-8H2,1H3,(H2,14,15). The van der Waals surface area contributed by atoms with Gasteiger partial charge in [-0.05, 0) is 18.6 Å². The van der Waals surface area contributed by atoms with E-state index in [2.05, 4.69) is 16.8 Å². The van der Waals surface area contributed by atoms with Crippen LogP contribution in [0, 0.1) is 0 Å². The third kappa shape index (κ3) is 3.31. The first-order valence-corrected chi connectivity index (χ1v) is 6.31. The van der Waals surface area contributed by atoms with Crippen molar-refractivity contribution in [2.75, 3.05) is 25.4 Å². The normalized spacial score (nSPS) is 21.6. The van der Waals surface area contributed by atoms with Gasteiger partial charge in [0.15, 0.2) is 0 Å². The minimum absolute atomic E-state index is 0.323. The maximum atomic E-state index is 6.11. The number of morpholine rings is 1. The second-order valence-electron chi connectivity index (χ2n) is 4.30. The first-order valence-electron chi connectivity index (χ1n) is 5.94. The van der Waals surface area contributed by atoms with Crippen LogP contribution in [0.15, 0.2) is 12.1 Å². The molecule has 0 spiro atoms. The van der Waals surface area contributed by atoms with Gasteiger partial charge in [0.1, 0.15) is 5.82 Å². The Kier molecular flexibility index (Phi) is 4.20. The van der Waals surface area contributed by atoms with Gasteiger partial charge in [-0.25, -0.2) is 4.98 Å². The van der Waals surface area contributed by atoms with Gasteiger partial charge in [0, 0.05) is 19.6 Å². The van der Waals surface area contributed by atoms with Gasteiger partial charge >= 0.3 is 0 Å². The number of ether oxygens (including phenoxy) is 1. The van der Waals surface area contributed by atoms with Crippen LogP contribution in [0.4, 0.5) is 5.82 Å². The molecule has 1 atom stereocenters. The van der Waals surface area contributed by atoms with Crippen LogP contribution in [-0.2, 0) is 11.3 Å². The van der Waals surface area contributed by atoms with Gasteiger partial charge < -0.3 is 10.5 Å². The van der Waals surface area contributed by atoms with Crippen molar-refractivity contribution in [1.29, 1.82) is 0 Å². The Balaban J connectivity index is 2.02. The number of nitrogens with zero attached hydrogens (tertiary/aromatic N) is 2. The second kappa shape index (κ2) is 5.67. The van der Waals surface area contributed by atoms with Gasteiger partial charge in [-0.2, -0.15) is 0 Å². The zero-order chi connectivity index (χ0) is 12.3. The molecular weight excluding hydrogens is 238 g/mol. The molecule has 1 aromatic heterocycles. The van der Waals surface area contributed by atoms with Gasteiger partial charge in [0.05, 0.1) is 23.4 Å². The lowest BCUT2D eigenvalue weighted by Crippen LogP contribution is -2.41. The molecular formula is C12H18ClN3O. The summed E-state index contributed by atoms with van der Waals surface area (Å²) in [6.45, 7) is 5.51. The molecule has 1 aliphatic rings. The quantitative estimate of drug-likeness (QED) is 0.897. The molecule has 17 heavy (non-hydrogen) atoms. The van der Waals surface area contributed by atoms with E-state index >= 15 is 0 Å². The van der Waals surface area contributed by atoms with Crippen LogP contribution in [0.3, 0.4) is 0 Å². The molecule has 1 aromatic rings. The van der Waals surface area contributed by atoms with Crippen LogP contribution in [0.1, 0.15) is 19.0 Å². The van der Waals surface area contributed by atoms with E-state index in [9.17, 15) is 0 Å². The number of halogens is 1. The maximum Gasteiger partial charge on any atom is 0.123 e. The highest BCUT2D eigenvalue weighted by Gasteiger charge is 2.20. The molecule has 0 aliphatic carbocycles. The fraction of sp³-hybridized carbons (Fsp3) is 0.583. The largest absolute Gasteiger partial charge is 0.384 e. The molecule has 0 radical (unpaired) electrons. The van der Waals surface area contributed by atoms with Crippen LogP contribution < -0.4 is 5.73 Å². The van der Waals surface area contributed by atoms with Crippen molar-refractivity contribution >= 4 is 17.4 Å². The SMILES string of the molecule is CCC1CN(Cc2nc(N)ccc2Cl)CCO1. The molecule has 0 saturated carbocycles. The van der Waals surface area contributed by atoms with E-state index in [1.807, 2.05) is 0 Å². The van der Waals surface area contributed by atoms with Crippen LogP contribution in [-0.4, -0.2) is 35.7 Å². The number of hydrogen-bond acceptors (Lipinski definition) is 4. The number of pyridine rings is 1. The molecule has 2 heterocycles. The summed E-state index contributed by atoms with van der Waals surface area (Å²) < 4.78 is 5.63. The fourth-order valence-electron chi connectivity index (χ4n) is 1.99. The van der Waals surface area contributed by atoms with Crippen molar-refractivity contribution in [3.05, 3.63) is 22.8 Å². The van der Waals surface area contributed by atoms with E-state index < -0.39 is 0 Å². The Morgan fingerprint density at radius 2 is 2.41 bits per heavy atom. The Morgan fingerprint density at radius 3 is 3.18 bits per heavy atom. The summed E-state index contributed by atoms with van der Waals surface area (Å²) in [6.07, 6.45) is 1.36. The molecule has 94 valence electrons. The Bertz CT molecular complexity index is 386. The van der Waals surface area contributed by atoms with Gasteiger partial charge in [-0.3, -0.25) is 4.90 Å². The highest BCUT2D eigenvalue weighted by molar-refractivity contribution is 6.31. The predicted octanol–water partition coefficient (Wildman–Crippen LogP) is 1.93. The molecule has 0 aromatic carbocycles. The van der Waals surface area contributed by atoms with Gasteiger partial charge in [0.2, 0.25) is 0 Å². The zero-order valence-electron chi connectivity index (χ0n) is 10.0. The highest BCUT2D eigenvalue weighted by atomic mass is 35.5. The molecule has 1 unspecified atom stereocenters. The third-order valence-corrected chi connectivity index (χ3v) is 3.34. The zero-order valence-corrected chi connectivity index (χ0v) is 10.8. The highest BCUT2D eigenvalue weighted by Crippen LogP contribution is 2.18. The first kappa shape index (κ1) is 12.6. The van der Waals surface area contributed by atoms with Crippen molar-refractivity contribution in [3.63, 3.8) is 0 Å². The second-order valence-corrected chi connectivity index (χ2v) is 4.71. The number of aromatic nitrogens is 1. The molecule has 2 N–H and O–H groups in total. The predicted molar refractivity (Wildman–Crippen MR) is 69.0 cm³/mol. The van der Waals surface area contributed by atoms with Crippen molar-refractivity contribution in [2.45, 2.75) is 26.0 Å². The summed E-state index contributed by atoms with van der Waals surface area (Å²) in [5.41, 5.74) is 6.52. The first-order chi connectivity index (χ1) is 8.19. The Labute approximate surface area is 107 Å². The molecule has 2 rings (SSSR count). The molecule has 4 nitrogen and oxygen atoms in total. The van der Waals surface area contributed by atoms with Gasteiger partial charge in [0.25, 0.3) is 0 Å². The van der Waals surface area contributed by atoms with E-state index in [4.69, 9.17) is 22.1 Å². The Hall–Kier alpha value is -0.840. The number of nitrogen functional groups attached to an aromatic ring is 1. The monoisotopic (exact) mass is 255 g/mol. The van der Waals surface area contributed by atoms with Crippen molar-refractivity contribution < 1.29 is 4.74 Å². The van der Waals surface area contributed by atoms with E-state index in [1.165, 1.54) is 0 Å². The topological polar surface area (TPSA) is 51.4 Å². The van der Waals surface area contributed by atoms with Crippen molar-refractivity contribution in [1.82, 2.24) is 9.88 Å². The smallest absolute Gasteiger partial charge is 0.123 e. The molecule has 0 amide bonds. The number of hydrogen-bond donors (Lipinski definition) is 1. The molecule has 1 saturated heterocycles. The number of anilines is 1. The number of rotatable bonds is 3. The van der Waals surface area contributed by atoms with Crippen LogP contribution in [0.25, 0.3) is 0 Å². The lowest BCUT2D eigenvalue weighted by molar-refractivity contribution is -0.0328. The summed E-state index contributed by atoms with van der Waals surface area (Å²) in [5.74, 6) is 0.518. The fourth-order valence-corrected chi connectivity index (χ4v) is 2.16. The van der Waals surface area contributed by atoms with Crippen LogP contribution in [0.2, 0.25) is 5.02 Å². The van der Waals surface area contributed by atoms with Crippen molar-refractivity contribution in [3.8, 4) is 0 Å². The molecule has 5 heteroatoms. The van der Waals surface area contributed by atoms with Crippen LogP contribution in [0.5, 0.6) is 0 Å². The van der Waals surface area contributed by atoms with Gasteiger partial charge in [-0.15, -0.1) is 0 Å². The summed E-state index contributed by atoms with van der Waals surface area (Å²) in [6, 6.07) is 3.52. The van der Waals surface area contributed by atoms with E-state index in [-0.39, 0.29) is 0 Å². The summed E-state index contributed by atoms with van der Waals surface area (Å²) in [4.78, 5) is 6.59. The molecule has 0 bridgehead atoms. The minimum Gasteiger partial charge on any atom is -0.384 e. The Morgan fingerprint density at radius 1 is 1.59 bits per heavy atom. The average molecular weight is 256 g/mol. The summed E-state index contributed by atoms with van der Waals surface area (Å²) >= 11 is 6.11. The maximum absolute atomic E-state index is 6.11. The third-order valence-electron chi connectivity index (χ3n) is 2.99. The summed E-state index contributed by atoms with van der Waals surface area (Å²) in [7, 11) is 0. The lowest BCUT2D eigenvalue weighted by Gasteiger charge is -2.32. The van der Waals surface area contributed by atoms with Gasteiger partial charge in [-0.1, -0.05) is 18.5 Å². The van der Waals surface area contributed by atoms with E-state index in [1.54, 1.807) is 12.1 Å². The molecule has 1 aliphatic heterocycles. The van der Waals surface area contributed by atoms with E-state index in [0.29, 0.717) is 16.9 Å². The van der Waals surface area contributed by atoms with Crippen molar-refractivity contribution in [2.24, 2.45) is 0 Å². The summed E-state index contributed by atoms with van der Waals surface area (Å²) in [5, 5.41) is 0.679. The van der Waals surface area contributed by atoms with E-state index in [0.717, 1.165) is 38.4 Å². The lowest BCUT2D eigenvalue weighted by atomic mass is 10.2. The van der Waals surface area contributed by atoms with Crippen LogP contribution >= 0.6 is 11.6 Å². The average Bonchev–Trinajstić information content (AvgIpc) is 2.34.